The van der Waals surface area contributed by atoms with Crippen molar-refractivity contribution in [1.82, 2.24) is 16.0 Å². The summed E-state index contributed by atoms with van der Waals surface area (Å²) in [7, 11) is 0. The molecule has 5 aliphatic heterocycles. The van der Waals surface area contributed by atoms with Gasteiger partial charge in [-0.25, -0.2) is 4.79 Å². The van der Waals surface area contributed by atoms with Crippen LogP contribution >= 0.6 is 0 Å². The summed E-state index contributed by atoms with van der Waals surface area (Å²) in [6, 6.07) is -4.82. The van der Waals surface area contributed by atoms with Crippen LogP contribution in [0.4, 0.5) is 0 Å². The van der Waals surface area contributed by atoms with E-state index >= 15 is 0 Å². The van der Waals surface area contributed by atoms with Gasteiger partial charge in [-0.3, -0.25) is 14.4 Å². The zero-order valence-corrected chi connectivity index (χ0v) is 62.6. The maximum absolute atomic E-state index is 13.8. The van der Waals surface area contributed by atoms with E-state index in [9.17, 15) is 106 Å². The first kappa shape index (κ1) is 93.9. The molecule has 5 fully saturated rings. The van der Waals surface area contributed by atoms with Gasteiger partial charge in [0.05, 0.1) is 63.9 Å². The minimum absolute atomic E-state index is 0.121. The fourth-order valence-corrected chi connectivity index (χ4v) is 14.0. The molecule has 0 spiro atoms. The van der Waals surface area contributed by atoms with Gasteiger partial charge in [0.1, 0.15) is 116 Å². The van der Waals surface area contributed by atoms with Crippen LogP contribution in [-0.4, -0.2) is 321 Å². The van der Waals surface area contributed by atoms with Crippen LogP contribution in [0.5, 0.6) is 0 Å². The van der Waals surface area contributed by atoms with Crippen LogP contribution in [0.3, 0.4) is 0 Å². The first-order chi connectivity index (χ1) is 51.3. The van der Waals surface area contributed by atoms with Crippen molar-refractivity contribution < 1.29 is 153 Å². The Kier molecular flexibility index (Phi) is 43.7. The predicted molar refractivity (Wildman–Crippen MR) is 378 cm³/mol. The van der Waals surface area contributed by atoms with Gasteiger partial charge in [0, 0.05) is 26.7 Å². The molecular weight excluding hydrogens is 1410 g/mol. The molecule has 0 aromatic heterocycles. The molecule has 0 aromatic rings. The molecule has 622 valence electrons. The first-order valence-corrected chi connectivity index (χ1v) is 38.7. The molecule has 5 heterocycles. The van der Waals surface area contributed by atoms with Crippen molar-refractivity contribution in [3.63, 3.8) is 0 Å². The Morgan fingerprint density at radius 3 is 1.47 bits per heavy atom. The van der Waals surface area contributed by atoms with Crippen molar-refractivity contribution in [1.29, 1.82) is 0 Å². The lowest BCUT2D eigenvalue weighted by Gasteiger charge is -2.52. The lowest BCUT2D eigenvalue weighted by Crippen LogP contribution is -2.72. The Hall–Kier alpha value is -3.68. The number of aliphatic carboxylic acids is 1. The molecule has 34 heteroatoms. The fraction of sp³-hybridized carbons (Fsp3) is 0.890. The maximum atomic E-state index is 13.8. The highest BCUT2D eigenvalue weighted by atomic mass is 16.8. The Labute approximate surface area is 627 Å². The van der Waals surface area contributed by atoms with E-state index in [-0.39, 0.29) is 6.42 Å². The van der Waals surface area contributed by atoms with Gasteiger partial charge in [0.15, 0.2) is 25.2 Å². The second kappa shape index (κ2) is 49.7. The molecule has 0 bridgehead atoms. The topological polar surface area (TPSA) is 541 Å². The molecule has 28 atom stereocenters. The predicted octanol–water partition coefficient (Wildman–Crippen LogP) is -1.27. The lowest BCUT2D eigenvalue weighted by atomic mass is 9.88. The zero-order valence-electron chi connectivity index (χ0n) is 62.6. The van der Waals surface area contributed by atoms with Gasteiger partial charge in [-0.15, -0.1) is 0 Å². The SMILES string of the molecule is CCCCCCCCC=CCCCCCCCC(=O)N[C@H](CO[C@@H]1O[C@H](CO)[C@@H](O[C@@H]2O[C@H](CO)[C@H](O[C@@H]3O[C@H](CO)[C@H](O)[C@H](O[C@@H]4O[C@H](CO)[C@H](O)[C@H](O)[C@H]4O)[C@H]3NC(C)=O)[C@H](O[C@]3(C(=O)O)C[C@H](O)[C@@H](NC(C)=O)[C@@H]([C@@H](O)[C@@H](O)CO)O3)[C@H]2O)[C@H](O)[C@H]1O)[C@@H](O)C=CCCCCCCCCCCCCC. The van der Waals surface area contributed by atoms with E-state index in [1.807, 2.05) is 6.08 Å². The summed E-state index contributed by atoms with van der Waals surface area (Å²) in [6.07, 6.45) is -15.6. The number of amides is 3. The number of ether oxygens (including phenoxy) is 10. The normalized spacial score (nSPS) is 34.7. The molecule has 34 nitrogen and oxygen atoms in total. The molecule has 3 amide bonds. The highest BCUT2D eigenvalue weighted by Crippen LogP contribution is 2.41. The second-order valence-electron chi connectivity index (χ2n) is 28.9. The number of rotatable bonds is 51. The van der Waals surface area contributed by atoms with Gasteiger partial charge >= 0.3 is 5.97 Å². The van der Waals surface area contributed by atoms with Crippen LogP contribution in [-0.2, 0) is 66.5 Å². The monoisotopic (exact) mass is 1540 g/mol. The first-order valence-electron chi connectivity index (χ1n) is 38.7. The van der Waals surface area contributed by atoms with E-state index in [1.54, 1.807) is 0 Å². The molecule has 0 saturated carbocycles. The lowest BCUT2D eigenvalue weighted by molar-refractivity contribution is -0.403. The summed E-state index contributed by atoms with van der Waals surface area (Å²) >= 11 is 0. The summed E-state index contributed by atoms with van der Waals surface area (Å²) in [4.78, 5) is 53.0. The molecule has 20 N–H and O–H groups in total. The van der Waals surface area contributed by atoms with Crippen LogP contribution in [0.25, 0.3) is 0 Å². The number of carboxylic acids is 1. The van der Waals surface area contributed by atoms with Crippen LogP contribution in [0.1, 0.15) is 201 Å². The Morgan fingerprint density at radius 1 is 0.486 bits per heavy atom. The highest BCUT2D eigenvalue weighted by molar-refractivity contribution is 5.77. The molecule has 107 heavy (non-hydrogen) atoms. The molecule has 0 unspecified atom stereocenters. The fourth-order valence-electron chi connectivity index (χ4n) is 14.0. The highest BCUT2D eigenvalue weighted by Gasteiger charge is 2.62. The van der Waals surface area contributed by atoms with Crippen LogP contribution in [0, 0.1) is 0 Å². The number of hydrogen-bond acceptors (Lipinski definition) is 30. The average Bonchev–Trinajstić information content (AvgIpc) is 0.754. The van der Waals surface area contributed by atoms with Crippen LogP contribution in [0.15, 0.2) is 24.3 Å². The van der Waals surface area contributed by atoms with Gasteiger partial charge in [-0.2, -0.15) is 0 Å². The molecule has 0 aromatic carbocycles. The summed E-state index contributed by atoms with van der Waals surface area (Å²) in [6.45, 7) is 0.287. The molecule has 5 saturated heterocycles. The molecule has 5 aliphatic rings. The zero-order chi connectivity index (χ0) is 78.8. The average molecular weight is 1540 g/mol. The van der Waals surface area contributed by atoms with E-state index in [1.165, 1.54) is 89.5 Å². The summed E-state index contributed by atoms with van der Waals surface area (Å²) < 4.78 is 60.1. The number of carbonyl (C=O) groups is 4. The number of aliphatic hydroxyl groups is 16. The number of nitrogens with one attached hydrogen (secondary N) is 3. The van der Waals surface area contributed by atoms with Crippen LogP contribution in [0.2, 0.25) is 0 Å². The van der Waals surface area contributed by atoms with Gasteiger partial charge in [-0.1, -0.05) is 154 Å². The van der Waals surface area contributed by atoms with Gasteiger partial charge in [0.2, 0.25) is 17.7 Å². The molecule has 0 radical (unpaired) electrons. The quantitative estimate of drug-likeness (QED) is 0.0249. The van der Waals surface area contributed by atoms with Crippen molar-refractivity contribution in [2.75, 3.05) is 39.6 Å². The number of aliphatic hydroxyl groups excluding tert-OH is 16. The number of unbranched alkanes of at least 4 members (excludes halogenated alkanes) is 22. The van der Waals surface area contributed by atoms with Crippen molar-refractivity contribution in [2.45, 2.75) is 372 Å². The van der Waals surface area contributed by atoms with Crippen molar-refractivity contribution >= 4 is 23.7 Å². The number of carbonyl (C=O) groups excluding carboxylic acids is 3. The number of hydrogen-bond donors (Lipinski definition) is 20. The Balaban J connectivity index is 1.40. The van der Waals surface area contributed by atoms with E-state index in [0.29, 0.717) is 12.8 Å². The smallest absolute Gasteiger partial charge is 0.364 e. The molecule has 5 rings (SSSR count). The Bertz CT molecular complexity index is 2550. The van der Waals surface area contributed by atoms with Crippen molar-refractivity contribution in [3.8, 4) is 0 Å². The van der Waals surface area contributed by atoms with Gasteiger partial charge in [-0.05, 0) is 44.9 Å². The molecule has 0 aliphatic carbocycles. The van der Waals surface area contributed by atoms with Crippen LogP contribution < -0.4 is 16.0 Å². The maximum Gasteiger partial charge on any atom is 0.364 e. The minimum Gasteiger partial charge on any atom is -0.477 e. The third kappa shape index (κ3) is 29.0. The van der Waals surface area contributed by atoms with Gasteiger partial charge < -0.3 is 150 Å². The van der Waals surface area contributed by atoms with E-state index in [4.69, 9.17) is 47.4 Å². The van der Waals surface area contributed by atoms with Crippen molar-refractivity contribution in [3.05, 3.63) is 24.3 Å². The third-order valence-corrected chi connectivity index (χ3v) is 20.2. The summed E-state index contributed by atoms with van der Waals surface area (Å²) in [5.74, 6) is -7.72. The molecular formula is C73H129N3O31. The van der Waals surface area contributed by atoms with E-state index < -0.39 is 241 Å². The second-order valence-corrected chi connectivity index (χ2v) is 28.9. The minimum atomic E-state index is -3.38. The number of carboxylic acid groups (broad SMARTS) is 1. The summed E-state index contributed by atoms with van der Waals surface area (Å²) in [5.41, 5.74) is 0. The third-order valence-electron chi connectivity index (χ3n) is 20.2. The van der Waals surface area contributed by atoms with E-state index in [0.717, 1.165) is 78.1 Å². The summed E-state index contributed by atoms with van der Waals surface area (Å²) in [5, 5.41) is 197. The standard InChI is InChI=1S/C73H129N3O31/c1-5-7-9-11-13-15-17-19-20-22-24-26-28-30-32-34-52(87)76-44(45(84)33-31-29-27-25-23-21-18-16-14-12-10-8-6-2)41-98-69-61(94)59(92)63(50(39-80)101-69)103-71-62(95)67(107-73(72(96)97)35-46(85)53(74-42(3)82)66(106-73)55(88)47(86)36-77)64(51(40-81)102-71)104-68-54(75-43(4)83)65(57(90)49(38-79)99-68)105-70-60(93)58(91)56(89)48(37-78)100-70/h19-20,31,33,44-51,53-71,77-81,84-86,88-95H,5-18,21-30,32,34-41H2,1-4H3,(H,74,82)(H,75,83)(H,76,87)(H,96,97)/t44-,45+,46+,47+,48-,49-,50-,51-,53-,54-,55+,56+,57+,58+,59-,60-,61-,62-,63-,64+,65-,66+,67-,68+,69-,70+,71+,73+/m1/s1. The van der Waals surface area contributed by atoms with E-state index in [2.05, 4.69) is 41.9 Å². The largest absolute Gasteiger partial charge is 0.477 e. The number of allylic oxidation sites excluding steroid dienone is 3. The Morgan fingerprint density at radius 2 is 0.935 bits per heavy atom. The van der Waals surface area contributed by atoms with Gasteiger partial charge in [0.25, 0.3) is 5.79 Å². The van der Waals surface area contributed by atoms with Crippen molar-refractivity contribution in [2.24, 2.45) is 0 Å².